The minimum absolute atomic E-state index is 0.249. The molecule has 134 valence electrons. The third-order valence-electron chi connectivity index (χ3n) is 4.60. The van der Waals surface area contributed by atoms with E-state index in [0.717, 1.165) is 32.4 Å². The van der Waals surface area contributed by atoms with Crippen LogP contribution >= 0.6 is 0 Å². The molecule has 0 saturated carbocycles. The average molecular weight is 326 g/mol. The Morgan fingerprint density at radius 3 is 2.09 bits per heavy atom. The maximum Gasteiger partial charge on any atom is 0.410 e. The molecule has 1 heterocycles. The van der Waals surface area contributed by atoms with Crippen molar-refractivity contribution in [3.05, 3.63) is 0 Å². The molecule has 23 heavy (non-hydrogen) atoms. The van der Waals surface area contributed by atoms with Gasteiger partial charge >= 0.3 is 6.09 Å². The van der Waals surface area contributed by atoms with E-state index in [1.54, 1.807) is 11.9 Å². The molecule has 1 aliphatic heterocycles. The zero-order valence-corrected chi connectivity index (χ0v) is 15.9. The van der Waals surface area contributed by atoms with Crippen LogP contribution in [0, 0.1) is 11.3 Å². The second-order valence-corrected chi connectivity index (χ2v) is 8.33. The number of hydrogen-bond donors (Lipinski definition) is 0. The van der Waals surface area contributed by atoms with Crippen LogP contribution in [0.5, 0.6) is 0 Å². The van der Waals surface area contributed by atoms with Crippen molar-refractivity contribution in [1.29, 1.82) is 0 Å². The maximum absolute atomic E-state index is 12.5. The van der Waals surface area contributed by atoms with Crippen molar-refractivity contribution in [3.63, 3.8) is 0 Å². The molecule has 0 atom stereocenters. The first kappa shape index (κ1) is 19.8. The number of carbonyl (C=O) groups is 2. The second-order valence-electron chi connectivity index (χ2n) is 8.33. The fourth-order valence-corrected chi connectivity index (χ4v) is 2.70. The van der Waals surface area contributed by atoms with Crippen LogP contribution in [0.25, 0.3) is 0 Å². The molecule has 2 amide bonds. The predicted molar refractivity (Wildman–Crippen MR) is 92.2 cm³/mol. The number of carbonyl (C=O) groups excluding carboxylic acids is 2. The summed E-state index contributed by atoms with van der Waals surface area (Å²) in [5.41, 5.74) is -0.743. The van der Waals surface area contributed by atoms with E-state index in [4.69, 9.17) is 4.74 Å². The highest BCUT2D eigenvalue weighted by atomic mass is 16.6. The molecular formula is C18H34N2O3. The van der Waals surface area contributed by atoms with Crippen LogP contribution in [0.1, 0.15) is 60.8 Å². The molecule has 0 bridgehead atoms. The lowest BCUT2D eigenvalue weighted by Gasteiger charge is -2.37. The van der Waals surface area contributed by atoms with Gasteiger partial charge in [-0.25, -0.2) is 4.79 Å². The highest BCUT2D eigenvalue weighted by Crippen LogP contribution is 2.27. The topological polar surface area (TPSA) is 49.9 Å². The molecule has 1 aliphatic rings. The van der Waals surface area contributed by atoms with Crippen LogP contribution in [-0.2, 0) is 9.53 Å². The standard InChI is InChI=1S/C18H34N2O3/c1-8-18(5,6)15(21)20-11-9-14(10-12-20)13-19(7)16(22)23-17(2,3)4/h14H,8-13H2,1-7H3. The van der Waals surface area contributed by atoms with Gasteiger partial charge in [-0.3, -0.25) is 4.79 Å². The Bertz CT molecular complexity index is 418. The molecule has 0 aromatic carbocycles. The maximum atomic E-state index is 12.5. The Morgan fingerprint density at radius 1 is 1.13 bits per heavy atom. The molecule has 1 fully saturated rings. The number of hydrogen-bond acceptors (Lipinski definition) is 3. The van der Waals surface area contributed by atoms with Gasteiger partial charge in [0.05, 0.1) is 0 Å². The summed E-state index contributed by atoms with van der Waals surface area (Å²) in [5, 5.41) is 0. The highest BCUT2D eigenvalue weighted by molar-refractivity contribution is 5.82. The van der Waals surface area contributed by atoms with Crippen molar-refractivity contribution in [1.82, 2.24) is 9.80 Å². The SMILES string of the molecule is CCC(C)(C)C(=O)N1CCC(CN(C)C(=O)OC(C)(C)C)CC1. The third kappa shape index (κ3) is 6.04. The van der Waals surface area contributed by atoms with Crippen molar-refractivity contribution >= 4 is 12.0 Å². The molecule has 5 nitrogen and oxygen atoms in total. The van der Waals surface area contributed by atoms with Gasteiger partial charge in [-0.1, -0.05) is 20.8 Å². The summed E-state index contributed by atoms with van der Waals surface area (Å²) in [7, 11) is 1.78. The fourth-order valence-electron chi connectivity index (χ4n) is 2.70. The van der Waals surface area contributed by atoms with Gasteiger partial charge in [0.2, 0.25) is 5.91 Å². The third-order valence-corrected chi connectivity index (χ3v) is 4.60. The van der Waals surface area contributed by atoms with E-state index in [2.05, 4.69) is 6.92 Å². The van der Waals surface area contributed by atoms with E-state index in [1.165, 1.54) is 0 Å². The quantitative estimate of drug-likeness (QED) is 0.794. The number of amides is 2. The second kappa shape index (κ2) is 7.54. The fraction of sp³-hybridized carbons (Fsp3) is 0.889. The van der Waals surface area contributed by atoms with Gasteiger partial charge in [0.25, 0.3) is 0 Å². The summed E-state index contributed by atoms with van der Waals surface area (Å²) in [5.74, 6) is 0.681. The van der Waals surface area contributed by atoms with Crippen LogP contribution in [0.15, 0.2) is 0 Å². The first-order valence-corrected chi connectivity index (χ1v) is 8.70. The number of piperidine rings is 1. The molecule has 0 spiro atoms. The van der Waals surface area contributed by atoms with Gasteiger partial charge in [0.15, 0.2) is 0 Å². The van der Waals surface area contributed by atoms with Gasteiger partial charge in [0.1, 0.15) is 5.60 Å². The normalized spacial score (nSPS) is 17.1. The Hall–Kier alpha value is -1.26. The first-order valence-electron chi connectivity index (χ1n) is 8.70. The van der Waals surface area contributed by atoms with E-state index in [9.17, 15) is 9.59 Å². The molecular weight excluding hydrogens is 292 g/mol. The summed E-state index contributed by atoms with van der Waals surface area (Å²) in [6, 6.07) is 0. The molecule has 0 aromatic rings. The van der Waals surface area contributed by atoms with E-state index >= 15 is 0 Å². The molecule has 1 saturated heterocycles. The van der Waals surface area contributed by atoms with E-state index in [-0.39, 0.29) is 17.4 Å². The number of likely N-dealkylation sites (tertiary alicyclic amines) is 1. The Morgan fingerprint density at radius 2 is 1.65 bits per heavy atom. The molecule has 0 N–H and O–H groups in total. The average Bonchev–Trinajstić information content (AvgIpc) is 2.45. The van der Waals surface area contributed by atoms with Gasteiger partial charge in [-0.2, -0.15) is 0 Å². The van der Waals surface area contributed by atoms with Gasteiger partial charge < -0.3 is 14.5 Å². The zero-order valence-electron chi connectivity index (χ0n) is 15.9. The number of nitrogens with zero attached hydrogens (tertiary/aromatic N) is 2. The van der Waals surface area contributed by atoms with Crippen molar-refractivity contribution < 1.29 is 14.3 Å². The van der Waals surface area contributed by atoms with E-state index in [0.29, 0.717) is 12.5 Å². The lowest BCUT2D eigenvalue weighted by molar-refractivity contribution is -0.142. The monoisotopic (exact) mass is 326 g/mol. The Kier molecular flexibility index (Phi) is 6.49. The van der Waals surface area contributed by atoms with Gasteiger partial charge in [-0.15, -0.1) is 0 Å². The smallest absolute Gasteiger partial charge is 0.410 e. The Balaban J connectivity index is 2.45. The zero-order chi connectivity index (χ0) is 17.8. The van der Waals surface area contributed by atoms with E-state index < -0.39 is 5.60 Å². The molecule has 1 rings (SSSR count). The van der Waals surface area contributed by atoms with Crippen molar-refractivity contribution in [3.8, 4) is 0 Å². The minimum atomic E-state index is -0.465. The highest BCUT2D eigenvalue weighted by Gasteiger charge is 2.33. The van der Waals surface area contributed by atoms with Crippen LogP contribution in [0.4, 0.5) is 4.79 Å². The van der Waals surface area contributed by atoms with Crippen molar-refractivity contribution in [2.24, 2.45) is 11.3 Å². The molecule has 5 heteroatoms. The summed E-state index contributed by atoms with van der Waals surface area (Å²) in [4.78, 5) is 28.1. The molecule has 0 unspecified atom stereocenters. The predicted octanol–water partition coefficient (Wildman–Crippen LogP) is 3.53. The molecule has 0 aliphatic carbocycles. The summed E-state index contributed by atoms with van der Waals surface area (Å²) < 4.78 is 5.38. The lowest BCUT2D eigenvalue weighted by Crippen LogP contribution is -2.46. The molecule has 0 radical (unpaired) electrons. The molecule has 0 aromatic heterocycles. The number of rotatable bonds is 4. The summed E-state index contributed by atoms with van der Waals surface area (Å²) in [6.45, 7) is 14.0. The van der Waals surface area contributed by atoms with Crippen molar-refractivity contribution in [2.75, 3.05) is 26.7 Å². The van der Waals surface area contributed by atoms with Crippen LogP contribution in [0.2, 0.25) is 0 Å². The first-order chi connectivity index (χ1) is 10.5. The van der Waals surface area contributed by atoms with Crippen molar-refractivity contribution in [2.45, 2.75) is 66.4 Å². The number of ether oxygens (including phenoxy) is 1. The van der Waals surface area contributed by atoms with E-state index in [1.807, 2.05) is 39.5 Å². The van der Waals surface area contributed by atoms with Crippen LogP contribution in [0.3, 0.4) is 0 Å². The Labute approximate surface area is 141 Å². The summed E-state index contributed by atoms with van der Waals surface area (Å²) in [6.07, 6.45) is 2.47. The van der Waals surface area contributed by atoms with Gasteiger partial charge in [-0.05, 0) is 46.0 Å². The largest absolute Gasteiger partial charge is 0.444 e. The van der Waals surface area contributed by atoms with Crippen LogP contribution in [-0.4, -0.2) is 54.1 Å². The minimum Gasteiger partial charge on any atom is -0.444 e. The summed E-state index contributed by atoms with van der Waals surface area (Å²) >= 11 is 0. The van der Waals surface area contributed by atoms with Crippen LogP contribution < -0.4 is 0 Å². The lowest BCUT2D eigenvalue weighted by atomic mass is 9.87. The van der Waals surface area contributed by atoms with Gasteiger partial charge in [0, 0.05) is 32.1 Å².